The highest BCUT2D eigenvalue weighted by molar-refractivity contribution is 7.19. The fraction of sp³-hybridized carbons (Fsp3) is 0.263. The van der Waals surface area contributed by atoms with Crippen LogP contribution in [-0.2, 0) is 9.59 Å². The maximum Gasteiger partial charge on any atom is 0.326 e. The van der Waals surface area contributed by atoms with Crippen molar-refractivity contribution in [2.24, 2.45) is 5.73 Å². The van der Waals surface area contributed by atoms with E-state index < -0.39 is 17.9 Å². The highest BCUT2D eigenvalue weighted by Crippen LogP contribution is 2.40. The Morgan fingerprint density at radius 1 is 1.22 bits per heavy atom. The van der Waals surface area contributed by atoms with Crippen LogP contribution < -0.4 is 11.1 Å². The molecule has 1 atom stereocenters. The van der Waals surface area contributed by atoms with Gasteiger partial charge in [0.1, 0.15) is 22.5 Å². The third kappa shape index (κ3) is 4.06. The van der Waals surface area contributed by atoms with Gasteiger partial charge in [-0.2, -0.15) is 0 Å². The second-order valence-electron chi connectivity index (χ2n) is 6.24. The molecule has 3 aromatic rings. The molecule has 4 N–H and O–H groups in total. The molecule has 1 unspecified atom stereocenters. The number of hydrogen-bond donors (Lipinski definition) is 3. The lowest BCUT2D eigenvalue weighted by molar-refractivity contribution is -0.138. The quantitative estimate of drug-likeness (QED) is 0.576. The zero-order valence-electron chi connectivity index (χ0n) is 15.0. The number of anilines is 1. The Morgan fingerprint density at radius 3 is 2.56 bits per heavy atom. The first-order valence-electron chi connectivity index (χ1n) is 8.47. The predicted octanol–water partition coefficient (Wildman–Crippen LogP) is 3.11. The summed E-state index contributed by atoms with van der Waals surface area (Å²) >= 11 is 1.54. The summed E-state index contributed by atoms with van der Waals surface area (Å²) in [6.45, 7) is 3.77. The molecule has 8 heteroatoms. The lowest BCUT2D eigenvalue weighted by atomic mass is 10.0. The van der Waals surface area contributed by atoms with Crippen molar-refractivity contribution in [3.05, 3.63) is 41.0 Å². The van der Waals surface area contributed by atoms with Crippen molar-refractivity contribution in [3.63, 3.8) is 0 Å². The normalized spacial score (nSPS) is 12.1. The van der Waals surface area contributed by atoms with Crippen LogP contribution in [0.15, 0.2) is 30.3 Å². The highest BCUT2D eigenvalue weighted by Gasteiger charge is 2.23. The van der Waals surface area contributed by atoms with Crippen molar-refractivity contribution in [1.82, 2.24) is 9.97 Å². The standard InChI is InChI=1S/C19H20N4O3S/c1-10-15(12-6-4-3-5-7-12)16-17(21-11(2)22-18(16)27-10)23-13(19(25)26)8-9-14(20)24/h3-7,13H,8-9H2,1-2H3,(H2,20,24)(H,25,26)(H,21,22,23). The maximum atomic E-state index is 11.6. The van der Waals surface area contributed by atoms with Crippen LogP contribution in [0.1, 0.15) is 23.5 Å². The lowest BCUT2D eigenvalue weighted by Crippen LogP contribution is -2.31. The van der Waals surface area contributed by atoms with Crippen LogP contribution in [0.25, 0.3) is 21.3 Å². The van der Waals surface area contributed by atoms with Crippen molar-refractivity contribution < 1.29 is 14.7 Å². The first kappa shape index (κ1) is 18.8. The fourth-order valence-corrected chi connectivity index (χ4v) is 4.07. The number of hydrogen-bond acceptors (Lipinski definition) is 6. The van der Waals surface area contributed by atoms with Crippen molar-refractivity contribution in [1.29, 1.82) is 0 Å². The van der Waals surface area contributed by atoms with Gasteiger partial charge >= 0.3 is 5.97 Å². The summed E-state index contributed by atoms with van der Waals surface area (Å²) in [6.07, 6.45) is 0.0599. The van der Waals surface area contributed by atoms with Crippen LogP contribution in [-0.4, -0.2) is 33.0 Å². The van der Waals surface area contributed by atoms with Crippen molar-refractivity contribution in [2.75, 3.05) is 5.32 Å². The smallest absolute Gasteiger partial charge is 0.326 e. The summed E-state index contributed by atoms with van der Waals surface area (Å²) in [5, 5.41) is 13.3. The van der Waals surface area contributed by atoms with Gasteiger partial charge < -0.3 is 16.2 Å². The largest absolute Gasteiger partial charge is 0.480 e. The van der Waals surface area contributed by atoms with E-state index in [-0.39, 0.29) is 12.8 Å². The van der Waals surface area contributed by atoms with Gasteiger partial charge in [-0.05, 0) is 25.8 Å². The van der Waals surface area contributed by atoms with E-state index in [1.165, 1.54) is 0 Å². The summed E-state index contributed by atoms with van der Waals surface area (Å²) in [5.41, 5.74) is 7.17. The molecular weight excluding hydrogens is 364 g/mol. The molecule has 2 aromatic heterocycles. The number of carboxylic acids is 1. The second kappa shape index (κ2) is 7.71. The number of primary amides is 1. The monoisotopic (exact) mass is 384 g/mol. The molecule has 140 valence electrons. The molecule has 27 heavy (non-hydrogen) atoms. The van der Waals surface area contributed by atoms with Gasteiger partial charge in [0.2, 0.25) is 5.91 Å². The van der Waals surface area contributed by atoms with Gasteiger partial charge in [-0.25, -0.2) is 14.8 Å². The number of carbonyl (C=O) groups is 2. The number of fused-ring (bicyclic) bond motifs is 1. The van der Waals surface area contributed by atoms with Crippen LogP contribution in [0.5, 0.6) is 0 Å². The number of nitrogens with two attached hydrogens (primary N) is 1. The molecule has 0 saturated heterocycles. The molecule has 0 radical (unpaired) electrons. The first-order valence-corrected chi connectivity index (χ1v) is 9.29. The SMILES string of the molecule is Cc1nc(NC(CCC(N)=O)C(=O)O)c2c(-c3ccccc3)c(C)sc2n1. The minimum atomic E-state index is -1.06. The van der Waals surface area contributed by atoms with Crippen LogP contribution >= 0.6 is 11.3 Å². The number of aliphatic carboxylic acids is 1. The van der Waals surface area contributed by atoms with Gasteiger partial charge in [-0.15, -0.1) is 11.3 Å². The Morgan fingerprint density at radius 2 is 1.93 bits per heavy atom. The van der Waals surface area contributed by atoms with E-state index in [0.717, 1.165) is 26.2 Å². The van der Waals surface area contributed by atoms with E-state index in [1.807, 2.05) is 37.3 Å². The first-order chi connectivity index (χ1) is 12.9. The number of rotatable bonds is 7. The summed E-state index contributed by atoms with van der Waals surface area (Å²) in [4.78, 5) is 33.5. The molecule has 0 spiro atoms. The van der Waals surface area contributed by atoms with E-state index in [4.69, 9.17) is 5.73 Å². The highest BCUT2D eigenvalue weighted by atomic mass is 32.1. The minimum absolute atomic E-state index is 0.0224. The number of nitrogens with one attached hydrogen (secondary N) is 1. The summed E-state index contributed by atoms with van der Waals surface area (Å²) in [7, 11) is 0. The Balaban J connectivity index is 2.11. The Kier molecular flexibility index (Phi) is 5.36. The van der Waals surface area contributed by atoms with Gasteiger partial charge in [0, 0.05) is 16.9 Å². The van der Waals surface area contributed by atoms with Gasteiger partial charge in [0.15, 0.2) is 0 Å². The maximum absolute atomic E-state index is 11.6. The molecule has 0 saturated carbocycles. The summed E-state index contributed by atoms with van der Waals surface area (Å²) in [5.74, 6) is -0.597. The zero-order valence-corrected chi connectivity index (χ0v) is 15.8. The molecule has 0 fully saturated rings. The molecule has 2 heterocycles. The van der Waals surface area contributed by atoms with Gasteiger partial charge in [-0.3, -0.25) is 4.79 Å². The second-order valence-corrected chi connectivity index (χ2v) is 7.44. The summed E-state index contributed by atoms with van der Waals surface area (Å²) < 4.78 is 0. The molecule has 1 amide bonds. The number of carboxylic acid groups (broad SMARTS) is 1. The van der Waals surface area contributed by atoms with Crippen molar-refractivity contribution in [2.45, 2.75) is 32.7 Å². The van der Waals surface area contributed by atoms with E-state index in [1.54, 1.807) is 18.3 Å². The predicted molar refractivity (Wildman–Crippen MR) is 106 cm³/mol. The van der Waals surface area contributed by atoms with E-state index in [2.05, 4.69) is 15.3 Å². The number of thiophene rings is 1. The Hall–Kier alpha value is -3.00. The average Bonchev–Trinajstić information content (AvgIpc) is 2.94. The number of amides is 1. The summed E-state index contributed by atoms with van der Waals surface area (Å²) in [6, 6.07) is 8.87. The topological polar surface area (TPSA) is 118 Å². The third-order valence-electron chi connectivity index (χ3n) is 4.19. The zero-order chi connectivity index (χ0) is 19.6. The Labute approximate surface area is 160 Å². The van der Waals surface area contributed by atoms with Gasteiger partial charge in [-0.1, -0.05) is 30.3 Å². The number of carbonyl (C=O) groups excluding carboxylic acids is 1. The van der Waals surface area contributed by atoms with Gasteiger partial charge in [0.05, 0.1) is 5.39 Å². The van der Waals surface area contributed by atoms with Crippen LogP contribution in [0.4, 0.5) is 5.82 Å². The van der Waals surface area contributed by atoms with E-state index in [0.29, 0.717) is 11.6 Å². The lowest BCUT2D eigenvalue weighted by Gasteiger charge is -2.16. The molecule has 1 aromatic carbocycles. The van der Waals surface area contributed by atoms with Crippen LogP contribution in [0, 0.1) is 13.8 Å². The number of aryl methyl sites for hydroxylation is 2. The number of aromatic nitrogens is 2. The number of nitrogens with zero attached hydrogens (tertiary/aromatic N) is 2. The molecule has 3 rings (SSSR count). The van der Waals surface area contributed by atoms with Gasteiger partial charge in [0.25, 0.3) is 0 Å². The molecule has 0 aliphatic rings. The Bertz CT molecular complexity index is 1000. The van der Waals surface area contributed by atoms with E-state index >= 15 is 0 Å². The third-order valence-corrected chi connectivity index (χ3v) is 5.19. The van der Waals surface area contributed by atoms with Crippen molar-refractivity contribution >= 4 is 39.2 Å². The molecule has 0 aliphatic carbocycles. The van der Waals surface area contributed by atoms with E-state index in [9.17, 15) is 14.7 Å². The number of benzene rings is 1. The molecule has 0 bridgehead atoms. The van der Waals surface area contributed by atoms with Crippen molar-refractivity contribution in [3.8, 4) is 11.1 Å². The molecular formula is C19H20N4O3S. The minimum Gasteiger partial charge on any atom is -0.480 e. The molecule has 0 aliphatic heterocycles. The fourth-order valence-electron chi connectivity index (χ4n) is 2.98. The van der Waals surface area contributed by atoms with Crippen LogP contribution in [0.3, 0.4) is 0 Å². The van der Waals surface area contributed by atoms with Crippen LogP contribution in [0.2, 0.25) is 0 Å². The average molecular weight is 384 g/mol. The molecule has 7 nitrogen and oxygen atoms in total.